The van der Waals surface area contributed by atoms with Crippen LogP contribution in [0.4, 0.5) is 17.6 Å². The minimum Gasteiger partial charge on any atom is -0.495 e. The number of hydrogen-bond donors (Lipinski definition) is 2. The van der Waals surface area contributed by atoms with Gasteiger partial charge in [0.25, 0.3) is 0 Å². The lowest BCUT2D eigenvalue weighted by Gasteiger charge is -2.10. The van der Waals surface area contributed by atoms with Gasteiger partial charge in [-0.05, 0) is 30.7 Å². The van der Waals surface area contributed by atoms with Crippen LogP contribution in [0.25, 0.3) is 0 Å². The summed E-state index contributed by atoms with van der Waals surface area (Å²) in [5, 5.41) is 6.16. The van der Waals surface area contributed by atoms with Gasteiger partial charge in [0.15, 0.2) is 0 Å². The minimum atomic E-state index is 0.128. The molecule has 0 aliphatic heterocycles. The molecule has 1 heterocycles. The molecular weight excluding hydrogens is 266 g/mol. The first-order chi connectivity index (χ1) is 9.22. The van der Waals surface area contributed by atoms with E-state index in [9.17, 15) is 0 Å². The molecule has 6 nitrogen and oxygen atoms in total. The molecular formula is C12H14ClN5O. The van der Waals surface area contributed by atoms with Crippen molar-refractivity contribution in [3.05, 3.63) is 29.5 Å². The number of benzene rings is 1. The van der Waals surface area contributed by atoms with Crippen molar-refractivity contribution < 1.29 is 4.74 Å². The first-order valence-electron chi connectivity index (χ1n) is 5.78. The summed E-state index contributed by atoms with van der Waals surface area (Å²) in [5.74, 6) is 1.49. The first kappa shape index (κ1) is 13.4. The molecule has 0 radical (unpaired) electrons. The number of halogens is 1. The number of para-hydroxylation sites is 2. The number of anilines is 3. The predicted molar refractivity (Wildman–Crippen MR) is 75.3 cm³/mol. The highest BCUT2D eigenvalue weighted by atomic mass is 35.5. The summed E-state index contributed by atoms with van der Waals surface area (Å²) in [6.45, 7) is 2.65. The molecule has 1 aromatic carbocycles. The monoisotopic (exact) mass is 279 g/mol. The third-order valence-corrected chi connectivity index (χ3v) is 2.47. The van der Waals surface area contributed by atoms with Crippen molar-refractivity contribution in [2.45, 2.75) is 6.92 Å². The standard InChI is InChI=1S/C12H14ClN5O/c1-3-14-11-16-10(13)17-12(18-11)15-8-6-4-5-7-9(8)19-2/h4-7H,3H2,1-2H3,(H2,14,15,16,17,18). The molecule has 0 spiro atoms. The summed E-state index contributed by atoms with van der Waals surface area (Å²) in [6, 6.07) is 7.48. The van der Waals surface area contributed by atoms with Gasteiger partial charge in [0, 0.05) is 6.54 Å². The Morgan fingerprint density at radius 2 is 1.89 bits per heavy atom. The SMILES string of the molecule is CCNc1nc(Cl)nc(Nc2ccccc2OC)n1. The zero-order chi connectivity index (χ0) is 13.7. The molecule has 2 aromatic rings. The number of aromatic nitrogens is 3. The van der Waals surface area contributed by atoms with Gasteiger partial charge in [-0.15, -0.1) is 0 Å². The smallest absolute Gasteiger partial charge is 0.233 e. The van der Waals surface area contributed by atoms with E-state index >= 15 is 0 Å². The molecule has 1 aromatic heterocycles. The number of nitrogens with zero attached hydrogens (tertiary/aromatic N) is 3. The maximum absolute atomic E-state index is 5.85. The third kappa shape index (κ3) is 3.45. The van der Waals surface area contributed by atoms with E-state index in [1.807, 2.05) is 31.2 Å². The van der Waals surface area contributed by atoms with E-state index in [4.69, 9.17) is 16.3 Å². The number of hydrogen-bond acceptors (Lipinski definition) is 6. The summed E-state index contributed by atoms with van der Waals surface area (Å²) < 4.78 is 5.24. The van der Waals surface area contributed by atoms with Crippen molar-refractivity contribution in [2.75, 3.05) is 24.3 Å². The average molecular weight is 280 g/mol. The van der Waals surface area contributed by atoms with Gasteiger partial charge in [0.2, 0.25) is 17.2 Å². The Morgan fingerprint density at radius 3 is 2.63 bits per heavy atom. The first-order valence-corrected chi connectivity index (χ1v) is 6.16. The zero-order valence-electron chi connectivity index (χ0n) is 10.6. The van der Waals surface area contributed by atoms with Crippen LogP contribution in [-0.4, -0.2) is 28.6 Å². The largest absolute Gasteiger partial charge is 0.495 e. The second kappa shape index (κ2) is 6.19. The highest BCUT2D eigenvalue weighted by Crippen LogP contribution is 2.26. The Hall–Kier alpha value is -2.08. The number of methoxy groups -OCH3 is 1. The van der Waals surface area contributed by atoms with Crippen LogP contribution in [0, 0.1) is 0 Å². The van der Waals surface area contributed by atoms with Crippen molar-refractivity contribution in [1.82, 2.24) is 15.0 Å². The summed E-state index contributed by atoms with van der Waals surface area (Å²) in [4.78, 5) is 12.2. The molecule has 0 saturated heterocycles. The van der Waals surface area contributed by atoms with Crippen molar-refractivity contribution >= 4 is 29.2 Å². The van der Waals surface area contributed by atoms with Gasteiger partial charge in [-0.3, -0.25) is 0 Å². The van der Waals surface area contributed by atoms with Crippen molar-refractivity contribution in [2.24, 2.45) is 0 Å². The van der Waals surface area contributed by atoms with Crippen molar-refractivity contribution in [3.63, 3.8) is 0 Å². The number of ether oxygens (including phenoxy) is 1. The Morgan fingerprint density at radius 1 is 1.16 bits per heavy atom. The molecule has 7 heteroatoms. The summed E-state index contributed by atoms with van der Waals surface area (Å²) in [6.07, 6.45) is 0. The van der Waals surface area contributed by atoms with E-state index in [2.05, 4.69) is 25.6 Å². The molecule has 0 amide bonds. The fourth-order valence-corrected chi connectivity index (χ4v) is 1.67. The number of rotatable bonds is 5. The minimum absolute atomic E-state index is 0.128. The Balaban J connectivity index is 2.27. The van der Waals surface area contributed by atoms with Crippen molar-refractivity contribution in [1.29, 1.82) is 0 Å². The lowest BCUT2D eigenvalue weighted by molar-refractivity contribution is 0.417. The second-order valence-electron chi connectivity index (χ2n) is 3.61. The molecule has 0 aliphatic rings. The Labute approximate surface area is 116 Å². The molecule has 0 bridgehead atoms. The highest BCUT2D eigenvalue weighted by Gasteiger charge is 2.07. The van der Waals surface area contributed by atoms with E-state index in [-0.39, 0.29) is 5.28 Å². The van der Waals surface area contributed by atoms with Crippen molar-refractivity contribution in [3.8, 4) is 5.75 Å². The molecule has 100 valence electrons. The van der Waals surface area contributed by atoms with E-state index in [1.54, 1.807) is 7.11 Å². The molecule has 0 fully saturated rings. The van der Waals surface area contributed by atoms with Crippen LogP contribution in [0.15, 0.2) is 24.3 Å². The molecule has 0 aliphatic carbocycles. The maximum atomic E-state index is 5.85. The second-order valence-corrected chi connectivity index (χ2v) is 3.95. The van der Waals surface area contributed by atoms with Crippen LogP contribution in [-0.2, 0) is 0 Å². The number of nitrogens with one attached hydrogen (secondary N) is 2. The van der Waals surface area contributed by atoms with E-state index < -0.39 is 0 Å². The lowest BCUT2D eigenvalue weighted by atomic mass is 10.3. The molecule has 0 unspecified atom stereocenters. The van der Waals surface area contributed by atoms with E-state index in [1.165, 1.54) is 0 Å². The van der Waals surface area contributed by atoms with E-state index in [0.717, 1.165) is 5.69 Å². The summed E-state index contributed by atoms with van der Waals surface area (Å²) in [5.41, 5.74) is 0.759. The highest BCUT2D eigenvalue weighted by molar-refractivity contribution is 6.28. The fourth-order valence-electron chi connectivity index (χ4n) is 1.51. The zero-order valence-corrected chi connectivity index (χ0v) is 11.4. The van der Waals surface area contributed by atoms with Gasteiger partial charge < -0.3 is 15.4 Å². The van der Waals surface area contributed by atoms with Crippen LogP contribution in [0.1, 0.15) is 6.92 Å². The van der Waals surface area contributed by atoms with Gasteiger partial charge in [0.05, 0.1) is 12.8 Å². The topological polar surface area (TPSA) is 72.0 Å². The van der Waals surface area contributed by atoms with Gasteiger partial charge in [-0.1, -0.05) is 12.1 Å². The summed E-state index contributed by atoms with van der Waals surface area (Å²) in [7, 11) is 1.60. The fraction of sp³-hybridized carbons (Fsp3) is 0.250. The normalized spacial score (nSPS) is 10.1. The van der Waals surface area contributed by atoms with Crippen LogP contribution in [0.5, 0.6) is 5.75 Å². The molecule has 0 atom stereocenters. The Kier molecular flexibility index (Phi) is 4.35. The lowest BCUT2D eigenvalue weighted by Crippen LogP contribution is -2.06. The predicted octanol–water partition coefficient (Wildman–Crippen LogP) is 2.71. The van der Waals surface area contributed by atoms with E-state index in [0.29, 0.717) is 24.2 Å². The molecule has 2 rings (SSSR count). The molecule has 2 N–H and O–H groups in total. The average Bonchev–Trinajstić information content (AvgIpc) is 2.39. The van der Waals surface area contributed by atoms with Crippen LogP contribution in [0.3, 0.4) is 0 Å². The Bertz CT molecular complexity index is 564. The molecule has 0 saturated carbocycles. The van der Waals surface area contributed by atoms with Gasteiger partial charge in [-0.2, -0.15) is 15.0 Å². The quantitative estimate of drug-likeness (QED) is 0.877. The van der Waals surface area contributed by atoms with Crippen LogP contribution >= 0.6 is 11.6 Å². The van der Waals surface area contributed by atoms with Gasteiger partial charge in [0.1, 0.15) is 5.75 Å². The van der Waals surface area contributed by atoms with Crippen LogP contribution in [0.2, 0.25) is 5.28 Å². The summed E-state index contributed by atoms with van der Waals surface area (Å²) >= 11 is 5.85. The van der Waals surface area contributed by atoms with Gasteiger partial charge >= 0.3 is 0 Å². The van der Waals surface area contributed by atoms with Gasteiger partial charge in [-0.25, -0.2) is 0 Å². The molecule has 19 heavy (non-hydrogen) atoms. The third-order valence-electron chi connectivity index (χ3n) is 2.30. The maximum Gasteiger partial charge on any atom is 0.233 e. The van der Waals surface area contributed by atoms with Crippen LogP contribution < -0.4 is 15.4 Å².